The van der Waals surface area contributed by atoms with E-state index in [0.29, 0.717) is 32.1 Å². The highest BCUT2D eigenvalue weighted by atomic mass is 35.5. The highest BCUT2D eigenvalue weighted by Gasteiger charge is 2.32. The molecule has 0 radical (unpaired) electrons. The summed E-state index contributed by atoms with van der Waals surface area (Å²) >= 11 is 6.00. The number of urea groups is 1. The van der Waals surface area contributed by atoms with E-state index in [1.807, 2.05) is 6.07 Å². The normalized spacial score (nSPS) is 14.7. The first-order chi connectivity index (χ1) is 13.8. The van der Waals surface area contributed by atoms with Gasteiger partial charge in [0.25, 0.3) is 0 Å². The first kappa shape index (κ1) is 21.0. The van der Waals surface area contributed by atoms with E-state index in [1.54, 1.807) is 22.1 Å². The predicted octanol–water partition coefficient (Wildman–Crippen LogP) is 3.19. The third kappa shape index (κ3) is 5.00. The number of piperazine rings is 1. The van der Waals surface area contributed by atoms with Gasteiger partial charge in [-0.1, -0.05) is 17.7 Å². The maximum atomic E-state index is 12.7. The number of anilines is 1. The molecule has 0 atom stereocenters. The number of carbonyl (C=O) groups excluding carboxylic acids is 1. The molecule has 1 fully saturated rings. The fraction of sp³-hybridized carbons (Fsp3) is 0.389. The van der Waals surface area contributed by atoms with Crippen LogP contribution < -0.4 is 15.0 Å². The monoisotopic (exact) mass is 429 g/mol. The largest absolute Gasteiger partial charge is 0.481 e. The van der Waals surface area contributed by atoms with E-state index in [1.165, 1.54) is 7.11 Å². The number of alkyl halides is 3. The molecule has 1 saturated heterocycles. The Hall–Kier alpha value is -2.75. The molecule has 2 amide bonds. The average Bonchev–Trinajstić information content (AvgIpc) is 2.71. The van der Waals surface area contributed by atoms with E-state index in [4.69, 9.17) is 16.3 Å². The van der Waals surface area contributed by atoms with Gasteiger partial charge in [-0.3, -0.25) is 0 Å². The Morgan fingerprint density at radius 3 is 2.62 bits per heavy atom. The minimum Gasteiger partial charge on any atom is -0.481 e. The van der Waals surface area contributed by atoms with E-state index in [0.717, 1.165) is 17.8 Å². The lowest BCUT2D eigenvalue weighted by molar-refractivity contribution is -0.137. The maximum Gasteiger partial charge on any atom is 0.417 e. The van der Waals surface area contributed by atoms with Gasteiger partial charge in [0.2, 0.25) is 5.88 Å². The molecule has 0 aromatic carbocycles. The quantitative estimate of drug-likeness (QED) is 0.808. The molecule has 29 heavy (non-hydrogen) atoms. The molecule has 1 N–H and O–H groups in total. The fourth-order valence-electron chi connectivity index (χ4n) is 2.96. The van der Waals surface area contributed by atoms with Crippen molar-refractivity contribution in [3.8, 4) is 5.88 Å². The number of amides is 2. The molecule has 2 aromatic heterocycles. The minimum absolute atomic E-state index is 0.0681. The van der Waals surface area contributed by atoms with E-state index >= 15 is 0 Å². The molecule has 1 aliphatic rings. The first-order valence-corrected chi connectivity index (χ1v) is 9.15. The Morgan fingerprint density at radius 1 is 1.28 bits per heavy atom. The Kier molecular flexibility index (Phi) is 6.31. The summed E-state index contributed by atoms with van der Waals surface area (Å²) in [5, 5.41) is 2.75. The van der Waals surface area contributed by atoms with Gasteiger partial charge >= 0.3 is 12.2 Å². The number of rotatable bonds is 4. The smallest absolute Gasteiger partial charge is 0.417 e. The number of nitrogens with one attached hydrogen (secondary N) is 1. The highest BCUT2D eigenvalue weighted by molar-refractivity contribution is 6.33. The molecule has 2 aromatic rings. The van der Waals surface area contributed by atoms with E-state index in [9.17, 15) is 18.0 Å². The fourth-order valence-corrected chi connectivity index (χ4v) is 3.25. The number of nitrogens with zero attached hydrogens (tertiary/aromatic N) is 4. The van der Waals surface area contributed by atoms with Gasteiger partial charge in [0.1, 0.15) is 5.82 Å². The second-order valence-electron chi connectivity index (χ2n) is 6.33. The molecule has 3 heterocycles. The number of pyridine rings is 2. The molecule has 3 rings (SSSR count). The van der Waals surface area contributed by atoms with Crippen LogP contribution in [0.4, 0.5) is 23.8 Å². The van der Waals surface area contributed by atoms with Gasteiger partial charge in [0.15, 0.2) is 0 Å². The van der Waals surface area contributed by atoms with Crippen molar-refractivity contribution in [2.45, 2.75) is 12.7 Å². The Labute approximate surface area is 170 Å². The minimum atomic E-state index is -4.50. The van der Waals surface area contributed by atoms with Crippen LogP contribution in [0.5, 0.6) is 5.88 Å². The van der Waals surface area contributed by atoms with Crippen LogP contribution in [0.1, 0.15) is 11.1 Å². The van der Waals surface area contributed by atoms with Crippen molar-refractivity contribution in [2.75, 3.05) is 38.2 Å². The topological polar surface area (TPSA) is 70.6 Å². The van der Waals surface area contributed by atoms with Gasteiger partial charge in [-0.15, -0.1) is 0 Å². The molecule has 0 spiro atoms. The third-order valence-electron chi connectivity index (χ3n) is 4.49. The van der Waals surface area contributed by atoms with Crippen LogP contribution in [0.25, 0.3) is 0 Å². The molecular formula is C18H19ClF3N5O2. The van der Waals surface area contributed by atoms with Crippen molar-refractivity contribution < 1.29 is 22.7 Å². The molecule has 1 aliphatic heterocycles. The molecule has 156 valence electrons. The lowest BCUT2D eigenvalue weighted by Gasteiger charge is -2.35. The standard InChI is InChI=1S/C18H19ClF3N5O2/c1-29-16-12(3-2-4-23-16)10-25-17(28)27-7-5-26(6-8-27)15-14(19)9-13(11-24-15)18(20,21)22/h2-4,9,11H,5-8,10H2,1H3,(H,25,28). The predicted molar refractivity (Wildman–Crippen MR) is 101 cm³/mol. The number of carbonyl (C=O) groups is 1. The van der Waals surface area contributed by atoms with Gasteiger partial charge < -0.3 is 19.9 Å². The van der Waals surface area contributed by atoms with Gasteiger partial charge in [0.05, 0.1) is 17.7 Å². The summed E-state index contributed by atoms with van der Waals surface area (Å²) in [6, 6.07) is 4.18. The van der Waals surface area contributed by atoms with Crippen molar-refractivity contribution in [3.63, 3.8) is 0 Å². The Morgan fingerprint density at radius 2 is 2.00 bits per heavy atom. The number of methoxy groups -OCH3 is 1. The van der Waals surface area contributed by atoms with Crippen LogP contribution in [-0.4, -0.2) is 54.2 Å². The van der Waals surface area contributed by atoms with Crippen LogP contribution in [0.15, 0.2) is 30.6 Å². The van der Waals surface area contributed by atoms with E-state index in [-0.39, 0.29) is 23.4 Å². The van der Waals surface area contributed by atoms with Crippen molar-refractivity contribution >= 4 is 23.4 Å². The second kappa shape index (κ2) is 8.73. The zero-order valence-corrected chi connectivity index (χ0v) is 16.3. The molecule has 0 saturated carbocycles. The molecule has 0 aliphatic carbocycles. The summed E-state index contributed by atoms with van der Waals surface area (Å²) in [7, 11) is 1.51. The molecule has 0 bridgehead atoms. The zero-order valence-electron chi connectivity index (χ0n) is 15.5. The number of hydrogen-bond donors (Lipinski definition) is 1. The molecule has 0 unspecified atom stereocenters. The Balaban J connectivity index is 1.55. The van der Waals surface area contributed by atoms with E-state index < -0.39 is 11.7 Å². The summed E-state index contributed by atoms with van der Waals surface area (Å²) in [5.74, 6) is 0.723. The first-order valence-electron chi connectivity index (χ1n) is 8.78. The van der Waals surface area contributed by atoms with E-state index in [2.05, 4.69) is 15.3 Å². The molecule has 11 heteroatoms. The van der Waals surface area contributed by atoms with Crippen molar-refractivity contribution in [1.29, 1.82) is 0 Å². The maximum absolute atomic E-state index is 12.7. The van der Waals surface area contributed by atoms with Crippen LogP contribution in [0.2, 0.25) is 5.02 Å². The number of aromatic nitrogens is 2. The van der Waals surface area contributed by atoms with Gasteiger partial charge in [-0.25, -0.2) is 14.8 Å². The lowest BCUT2D eigenvalue weighted by atomic mass is 10.2. The van der Waals surface area contributed by atoms with Gasteiger partial charge in [-0.05, 0) is 12.1 Å². The lowest BCUT2D eigenvalue weighted by Crippen LogP contribution is -2.52. The Bertz CT molecular complexity index is 873. The molecule has 7 nitrogen and oxygen atoms in total. The highest BCUT2D eigenvalue weighted by Crippen LogP contribution is 2.33. The summed E-state index contributed by atoms with van der Waals surface area (Å²) in [5.41, 5.74) is -0.141. The number of ether oxygens (including phenoxy) is 1. The third-order valence-corrected chi connectivity index (χ3v) is 4.77. The average molecular weight is 430 g/mol. The summed E-state index contributed by atoms with van der Waals surface area (Å²) < 4.78 is 43.4. The van der Waals surface area contributed by atoms with Crippen LogP contribution >= 0.6 is 11.6 Å². The summed E-state index contributed by atoms with van der Waals surface area (Å²) in [6.45, 7) is 1.84. The number of hydrogen-bond acceptors (Lipinski definition) is 5. The SMILES string of the molecule is COc1ncccc1CNC(=O)N1CCN(c2ncc(C(F)(F)F)cc2Cl)CC1. The van der Waals surface area contributed by atoms with Crippen LogP contribution in [0.3, 0.4) is 0 Å². The second-order valence-corrected chi connectivity index (χ2v) is 6.74. The molecular weight excluding hydrogens is 411 g/mol. The zero-order chi connectivity index (χ0) is 21.0. The van der Waals surface area contributed by atoms with Gasteiger partial charge in [0, 0.05) is 50.7 Å². The summed E-state index contributed by atoms with van der Waals surface area (Å²) in [6.07, 6.45) is -2.13. The van der Waals surface area contributed by atoms with Crippen molar-refractivity contribution in [3.05, 3.63) is 46.7 Å². The summed E-state index contributed by atoms with van der Waals surface area (Å²) in [4.78, 5) is 23.7. The van der Waals surface area contributed by atoms with Crippen LogP contribution in [-0.2, 0) is 12.7 Å². The van der Waals surface area contributed by atoms with Crippen LogP contribution in [0, 0.1) is 0 Å². The van der Waals surface area contributed by atoms with Gasteiger partial charge in [-0.2, -0.15) is 13.2 Å². The van der Waals surface area contributed by atoms with Crippen molar-refractivity contribution in [1.82, 2.24) is 20.2 Å². The van der Waals surface area contributed by atoms with Crippen molar-refractivity contribution in [2.24, 2.45) is 0 Å². The number of halogens is 4.